The largest absolute Gasteiger partial charge is 0.507 e. The Balaban J connectivity index is 2.12. The van der Waals surface area contributed by atoms with Gasteiger partial charge < -0.3 is 19.5 Å². The molecular formula is C23H24FNO5. The van der Waals surface area contributed by atoms with E-state index < -0.39 is 23.5 Å². The first-order valence-electron chi connectivity index (χ1n) is 9.56. The van der Waals surface area contributed by atoms with Crippen molar-refractivity contribution in [1.29, 1.82) is 0 Å². The van der Waals surface area contributed by atoms with E-state index in [1.807, 2.05) is 0 Å². The third-order valence-corrected chi connectivity index (χ3v) is 5.15. The van der Waals surface area contributed by atoms with E-state index in [4.69, 9.17) is 9.47 Å². The maximum absolute atomic E-state index is 13.7. The van der Waals surface area contributed by atoms with E-state index in [9.17, 15) is 19.1 Å². The minimum atomic E-state index is -0.771. The summed E-state index contributed by atoms with van der Waals surface area (Å²) in [5.41, 5.74) is 1.25. The second-order valence-corrected chi connectivity index (χ2v) is 7.08. The fraction of sp³-hybridized carbons (Fsp3) is 0.304. The summed E-state index contributed by atoms with van der Waals surface area (Å²) in [5.74, 6) is -1.57. The van der Waals surface area contributed by atoms with E-state index in [2.05, 4.69) is 0 Å². The number of ketones is 1. The molecule has 0 aliphatic carbocycles. The fourth-order valence-electron chi connectivity index (χ4n) is 3.57. The Morgan fingerprint density at radius 3 is 2.43 bits per heavy atom. The van der Waals surface area contributed by atoms with Gasteiger partial charge in [0.25, 0.3) is 11.7 Å². The number of Topliss-reactive ketones (excluding diaryl/α,β-unsaturated/α-hetero) is 1. The van der Waals surface area contributed by atoms with Crippen molar-refractivity contribution in [2.75, 3.05) is 27.4 Å². The highest BCUT2D eigenvalue weighted by molar-refractivity contribution is 6.46. The molecule has 1 aliphatic heterocycles. The van der Waals surface area contributed by atoms with Crippen molar-refractivity contribution in [3.05, 3.63) is 70.5 Å². The Morgan fingerprint density at radius 1 is 1.13 bits per heavy atom. The Bertz CT molecular complexity index is 984. The molecule has 1 unspecified atom stereocenters. The monoisotopic (exact) mass is 413 g/mol. The Kier molecular flexibility index (Phi) is 6.52. The molecule has 2 aromatic rings. The molecule has 2 aromatic carbocycles. The predicted molar refractivity (Wildman–Crippen MR) is 110 cm³/mol. The molecule has 0 saturated carbocycles. The first-order chi connectivity index (χ1) is 14.4. The van der Waals surface area contributed by atoms with Crippen LogP contribution in [0.4, 0.5) is 4.39 Å². The van der Waals surface area contributed by atoms with Gasteiger partial charge in [0.05, 0.1) is 18.7 Å². The predicted octanol–water partition coefficient (Wildman–Crippen LogP) is 3.60. The van der Waals surface area contributed by atoms with Gasteiger partial charge in [-0.1, -0.05) is 12.1 Å². The van der Waals surface area contributed by atoms with E-state index in [0.29, 0.717) is 29.9 Å². The highest BCUT2D eigenvalue weighted by Crippen LogP contribution is 2.40. The average molecular weight is 413 g/mol. The van der Waals surface area contributed by atoms with Crippen LogP contribution in [0.25, 0.3) is 5.76 Å². The number of hydrogen-bond acceptors (Lipinski definition) is 5. The first-order valence-corrected chi connectivity index (χ1v) is 9.56. The molecule has 1 N–H and O–H groups in total. The number of nitrogens with zero attached hydrogens (tertiary/aromatic N) is 1. The number of benzene rings is 2. The zero-order chi connectivity index (χ0) is 21.8. The molecule has 0 radical (unpaired) electrons. The molecule has 1 atom stereocenters. The molecule has 3 rings (SSSR count). The first kappa shape index (κ1) is 21.5. The van der Waals surface area contributed by atoms with Gasteiger partial charge in [0.1, 0.15) is 17.3 Å². The van der Waals surface area contributed by atoms with Crippen molar-refractivity contribution < 1.29 is 28.6 Å². The number of carbonyl (C=O) groups is 2. The van der Waals surface area contributed by atoms with Crippen molar-refractivity contribution >= 4 is 17.4 Å². The molecule has 1 heterocycles. The van der Waals surface area contributed by atoms with Gasteiger partial charge in [0, 0.05) is 25.8 Å². The summed E-state index contributed by atoms with van der Waals surface area (Å²) in [6, 6.07) is 10.3. The molecule has 7 heteroatoms. The smallest absolute Gasteiger partial charge is 0.295 e. The van der Waals surface area contributed by atoms with Gasteiger partial charge in [0.15, 0.2) is 0 Å². The standard InChI is InChI=1S/C23H24FNO5/c1-14-13-16(7-10-18(14)24)21(26)19-20(15-5-8-17(30-3)9-6-15)25(11-4-12-29-2)23(28)22(19)27/h5-10,13,20,26H,4,11-12H2,1-3H3/b21-19-. The molecule has 0 aromatic heterocycles. The van der Waals surface area contributed by atoms with Crippen LogP contribution in [0, 0.1) is 12.7 Å². The molecule has 30 heavy (non-hydrogen) atoms. The van der Waals surface area contributed by atoms with Gasteiger partial charge in [0.2, 0.25) is 0 Å². The van der Waals surface area contributed by atoms with E-state index in [1.165, 1.54) is 23.1 Å². The summed E-state index contributed by atoms with van der Waals surface area (Å²) < 4.78 is 23.9. The van der Waals surface area contributed by atoms with Crippen molar-refractivity contribution in [2.45, 2.75) is 19.4 Å². The minimum Gasteiger partial charge on any atom is -0.507 e. The highest BCUT2D eigenvalue weighted by Gasteiger charge is 2.45. The van der Waals surface area contributed by atoms with Crippen molar-refractivity contribution in [2.24, 2.45) is 0 Å². The van der Waals surface area contributed by atoms with Crippen LogP contribution in [-0.2, 0) is 14.3 Å². The Hall–Kier alpha value is -3.19. The number of amides is 1. The van der Waals surface area contributed by atoms with E-state index in [1.54, 1.807) is 45.4 Å². The summed E-state index contributed by atoms with van der Waals surface area (Å²) in [5, 5.41) is 11.0. The zero-order valence-corrected chi connectivity index (χ0v) is 17.1. The maximum atomic E-state index is 13.7. The van der Waals surface area contributed by atoms with E-state index in [-0.39, 0.29) is 23.4 Å². The van der Waals surface area contributed by atoms with Crippen LogP contribution in [0.5, 0.6) is 5.75 Å². The number of halogens is 1. The van der Waals surface area contributed by atoms with Crippen LogP contribution < -0.4 is 4.74 Å². The lowest BCUT2D eigenvalue weighted by molar-refractivity contribution is -0.140. The van der Waals surface area contributed by atoms with Crippen LogP contribution in [0.3, 0.4) is 0 Å². The normalized spacial score (nSPS) is 18.1. The van der Waals surface area contributed by atoms with Gasteiger partial charge in [-0.05, 0) is 54.8 Å². The van der Waals surface area contributed by atoms with Crippen LogP contribution in [0.1, 0.15) is 29.2 Å². The van der Waals surface area contributed by atoms with Crippen molar-refractivity contribution in [1.82, 2.24) is 4.90 Å². The molecule has 1 saturated heterocycles. The quantitative estimate of drug-likeness (QED) is 0.325. The lowest BCUT2D eigenvalue weighted by Crippen LogP contribution is -2.31. The fourth-order valence-corrected chi connectivity index (χ4v) is 3.57. The summed E-state index contributed by atoms with van der Waals surface area (Å²) >= 11 is 0. The van der Waals surface area contributed by atoms with Crippen molar-refractivity contribution in [3.63, 3.8) is 0 Å². The zero-order valence-electron chi connectivity index (χ0n) is 17.1. The van der Waals surface area contributed by atoms with Crippen molar-refractivity contribution in [3.8, 4) is 5.75 Å². The number of methoxy groups -OCH3 is 2. The molecular weight excluding hydrogens is 389 g/mol. The van der Waals surface area contributed by atoms with Gasteiger partial charge >= 0.3 is 0 Å². The Morgan fingerprint density at radius 2 is 1.83 bits per heavy atom. The molecule has 0 spiro atoms. The molecule has 1 amide bonds. The SMILES string of the molecule is COCCCN1C(=O)C(=O)/C(=C(\O)c2ccc(F)c(C)c2)C1c1ccc(OC)cc1. The van der Waals surface area contributed by atoms with Gasteiger partial charge in [-0.2, -0.15) is 0 Å². The van der Waals surface area contributed by atoms with Gasteiger partial charge in [-0.25, -0.2) is 4.39 Å². The molecule has 1 aliphatic rings. The number of aryl methyl sites for hydroxylation is 1. The number of aliphatic hydroxyl groups is 1. The highest BCUT2D eigenvalue weighted by atomic mass is 19.1. The molecule has 0 bridgehead atoms. The number of hydrogen-bond donors (Lipinski definition) is 1. The number of aliphatic hydroxyl groups excluding tert-OH is 1. The third-order valence-electron chi connectivity index (χ3n) is 5.15. The topological polar surface area (TPSA) is 76.1 Å². The second-order valence-electron chi connectivity index (χ2n) is 7.08. The summed E-state index contributed by atoms with van der Waals surface area (Å²) in [4.78, 5) is 27.1. The van der Waals surface area contributed by atoms with Crippen LogP contribution in [0.2, 0.25) is 0 Å². The van der Waals surface area contributed by atoms with Crippen LogP contribution in [-0.4, -0.2) is 49.1 Å². The van der Waals surface area contributed by atoms with Gasteiger partial charge in [-0.3, -0.25) is 9.59 Å². The number of rotatable bonds is 7. The molecule has 6 nitrogen and oxygen atoms in total. The average Bonchev–Trinajstić information content (AvgIpc) is 3.00. The number of ether oxygens (including phenoxy) is 2. The van der Waals surface area contributed by atoms with Crippen LogP contribution >= 0.6 is 0 Å². The van der Waals surface area contributed by atoms with Crippen LogP contribution in [0.15, 0.2) is 48.0 Å². The summed E-state index contributed by atoms with van der Waals surface area (Å²) in [7, 11) is 3.11. The summed E-state index contributed by atoms with van der Waals surface area (Å²) in [6.45, 7) is 2.28. The second kappa shape index (κ2) is 9.09. The lowest BCUT2D eigenvalue weighted by Gasteiger charge is -2.25. The minimum absolute atomic E-state index is 0.0198. The maximum Gasteiger partial charge on any atom is 0.295 e. The third kappa shape index (κ3) is 4.07. The molecule has 158 valence electrons. The molecule has 1 fully saturated rings. The van der Waals surface area contributed by atoms with E-state index >= 15 is 0 Å². The van der Waals surface area contributed by atoms with E-state index in [0.717, 1.165) is 0 Å². The summed E-state index contributed by atoms with van der Waals surface area (Å²) in [6.07, 6.45) is 0.534. The number of likely N-dealkylation sites (tertiary alicyclic amines) is 1. The lowest BCUT2D eigenvalue weighted by atomic mass is 9.94. The van der Waals surface area contributed by atoms with Gasteiger partial charge in [-0.15, -0.1) is 0 Å². The number of carbonyl (C=O) groups excluding carboxylic acids is 2. The Labute approximate surface area is 174 Å².